The van der Waals surface area contributed by atoms with E-state index < -0.39 is 10.8 Å². The summed E-state index contributed by atoms with van der Waals surface area (Å²) in [5.74, 6) is 0.738. The Morgan fingerprint density at radius 2 is 1.83 bits per heavy atom. The molecule has 1 amide bonds. The van der Waals surface area contributed by atoms with E-state index in [2.05, 4.69) is 10.4 Å². The van der Waals surface area contributed by atoms with Gasteiger partial charge in [-0.25, -0.2) is 0 Å². The van der Waals surface area contributed by atoms with Crippen molar-refractivity contribution in [3.63, 3.8) is 0 Å². The zero-order valence-corrected chi connectivity index (χ0v) is 16.6. The number of amides is 1. The molecule has 1 heterocycles. The molecule has 0 bridgehead atoms. The molecule has 2 aromatic carbocycles. The third-order valence-corrected chi connectivity index (χ3v) is 4.47. The Bertz CT molecular complexity index is 1080. The van der Waals surface area contributed by atoms with Crippen molar-refractivity contribution in [2.45, 2.75) is 6.92 Å². The molecule has 1 N–H and O–H groups in total. The fraction of sp³-hybridized carbons (Fsp3) is 0.158. The van der Waals surface area contributed by atoms with E-state index in [9.17, 15) is 14.9 Å². The first-order valence-corrected chi connectivity index (χ1v) is 8.78. The minimum absolute atomic E-state index is 0.147. The fourth-order valence-corrected chi connectivity index (χ4v) is 2.91. The van der Waals surface area contributed by atoms with E-state index in [0.29, 0.717) is 17.2 Å². The summed E-state index contributed by atoms with van der Waals surface area (Å²) in [6.07, 6.45) is 0. The highest BCUT2D eigenvalue weighted by atomic mass is 35.5. The summed E-state index contributed by atoms with van der Waals surface area (Å²) in [6.45, 7) is 1.67. The first kappa shape index (κ1) is 20.2. The number of aryl methyl sites for hydroxylation is 2. The minimum Gasteiger partial charge on any atom is -0.497 e. The molecule has 0 atom stereocenters. The molecule has 0 spiro atoms. The van der Waals surface area contributed by atoms with Crippen LogP contribution >= 0.6 is 11.6 Å². The number of ether oxygens (including phenoxy) is 2. The van der Waals surface area contributed by atoms with Crippen molar-refractivity contribution in [3.8, 4) is 17.2 Å². The van der Waals surface area contributed by atoms with Gasteiger partial charge in [0.25, 0.3) is 11.6 Å². The quantitative estimate of drug-likeness (QED) is 0.472. The maximum atomic E-state index is 12.6. The first-order chi connectivity index (χ1) is 13.8. The molecular weight excluding hydrogens is 400 g/mol. The summed E-state index contributed by atoms with van der Waals surface area (Å²) in [5, 5.41) is 18.2. The zero-order valence-electron chi connectivity index (χ0n) is 15.8. The number of hydrogen-bond acceptors (Lipinski definition) is 6. The van der Waals surface area contributed by atoms with E-state index in [0.717, 1.165) is 0 Å². The lowest BCUT2D eigenvalue weighted by Crippen LogP contribution is -2.16. The standard InChI is InChI=1S/C19H17ClN4O5/c1-11-17(20)18(23(2)22-11)19(25)21-12-8-13(24(26)27)10-16(9-12)29-15-6-4-14(28-3)5-7-15/h4-10H,1-3H3,(H,21,25). The van der Waals surface area contributed by atoms with Gasteiger partial charge in [0.15, 0.2) is 0 Å². The van der Waals surface area contributed by atoms with Crippen LogP contribution in [0.1, 0.15) is 16.2 Å². The van der Waals surface area contributed by atoms with Gasteiger partial charge >= 0.3 is 0 Å². The third-order valence-electron chi connectivity index (χ3n) is 4.02. The highest BCUT2D eigenvalue weighted by Gasteiger charge is 2.20. The number of nitro groups is 1. The summed E-state index contributed by atoms with van der Waals surface area (Å²) in [5.41, 5.74) is 0.594. The smallest absolute Gasteiger partial charge is 0.275 e. The molecule has 3 rings (SSSR count). The number of benzene rings is 2. The van der Waals surface area contributed by atoms with Crippen LogP contribution < -0.4 is 14.8 Å². The van der Waals surface area contributed by atoms with E-state index in [4.69, 9.17) is 21.1 Å². The van der Waals surface area contributed by atoms with Gasteiger partial charge in [0.2, 0.25) is 0 Å². The van der Waals surface area contributed by atoms with E-state index >= 15 is 0 Å². The van der Waals surface area contributed by atoms with Crippen molar-refractivity contribution in [1.29, 1.82) is 0 Å². The summed E-state index contributed by atoms with van der Waals surface area (Å²) in [4.78, 5) is 23.3. The maximum absolute atomic E-state index is 12.6. The highest BCUT2D eigenvalue weighted by Crippen LogP contribution is 2.31. The van der Waals surface area contributed by atoms with Gasteiger partial charge in [-0.05, 0) is 31.2 Å². The lowest BCUT2D eigenvalue weighted by molar-refractivity contribution is -0.384. The lowest BCUT2D eigenvalue weighted by atomic mass is 10.2. The summed E-state index contributed by atoms with van der Waals surface area (Å²) < 4.78 is 12.1. The van der Waals surface area contributed by atoms with Gasteiger partial charge in [-0.1, -0.05) is 11.6 Å². The van der Waals surface area contributed by atoms with Crippen LogP contribution in [0.4, 0.5) is 11.4 Å². The number of halogens is 1. The van der Waals surface area contributed by atoms with Crippen molar-refractivity contribution >= 4 is 28.9 Å². The monoisotopic (exact) mass is 416 g/mol. The van der Waals surface area contributed by atoms with Gasteiger partial charge < -0.3 is 14.8 Å². The lowest BCUT2D eigenvalue weighted by Gasteiger charge is -2.10. The molecule has 0 radical (unpaired) electrons. The van der Waals surface area contributed by atoms with Gasteiger partial charge in [0, 0.05) is 19.2 Å². The number of rotatable bonds is 6. The van der Waals surface area contributed by atoms with Crippen LogP contribution in [0.5, 0.6) is 17.2 Å². The molecule has 9 nitrogen and oxygen atoms in total. The van der Waals surface area contributed by atoms with Crippen LogP contribution in [0.15, 0.2) is 42.5 Å². The maximum Gasteiger partial charge on any atom is 0.275 e. The highest BCUT2D eigenvalue weighted by molar-refractivity contribution is 6.34. The first-order valence-electron chi connectivity index (χ1n) is 8.40. The number of non-ortho nitro benzene ring substituents is 1. The number of nitrogens with zero attached hydrogens (tertiary/aromatic N) is 3. The number of hydrogen-bond donors (Lipinski definition) is 1. The average molecular weight is 417 g/mol. The minimum atomic E-state index is -0.572. The van der Waals surface area contributed by atoms with Gasteiger partial charge in [0.05, 0.1) is 34.5 Å². The predicted octanol–water partition coefficient (Wildman–Crippen LogP) is 4.34. The molecule has 150 valence electrons. The Balaban J connectivity index is 1.90. The van der Waals surface area contributed by atoms with Crippen LogP contribution in [0.2, 0.25) is 5.02 Å². The number of methoxy groups -OCH3 is 1. The number of carbonyl (C=O) groups excluding carboxylic acids is 1. The fourth-order valence-electron chi connectivity index (χ4n) is 2.67. The van der Waals surface area contributed by atoms with Crippen molar-refractivity contribution in [1.82, 2.24) is 9.78 Å². The van der Waals surface area contributed by atoms with Gasteiger partial charge in [-0.15, -0.1) is 0 Å². The van der Waals surface area contributed by atoms with Crippen LogP contribution in [0.3, 0.4) is 0 Å². The van der Waals surface area contributed by atoms with E-state index in [1.165, 1.54) is 22.9 Å². The second-order valence-electron chi connectivity index (χ2n) is 6.08. The summed E-state index contributed by atoms with van der Waals surface area (Å²) in [7, 11) is 3.13. The molecule has 3 aromatic rings. The molecule has 0 fully saturated rings. The Kier molecular flexibility index (Phi) is 5.69. The predicted molar refractivity (Wildman–Crippen MR) is 107 cm³/mol. The van der Waals surface area contributed by atoms with E-state index in [1.807, 2.05) is 0 Å². The molecule has 0 saturated heterocycles. The van der Waals surface area contributed by atoms with E-state index in [1.54, 1.807) is 45.3 Å². The second-order valence-corrected chi connectivity index (χ2v) is 6.45. The Labute approximate surface area is 171 Å². The second kappa shape index (κ2) is 8.19. The van der Waals surface area contributed by atoms with Crippen molar-refractivity contribution in [2.75, 3.05) is 12.4 Å². The largest absolute Gasteiger partial charge is 0.497 e. The molecule has 1 aromatic heterocycles. The third kappa shape index (κ3) is 4.46. The van der Waals surface area contributed by atoms with E-state index in [-0.39, 0.29) is 27.8 Å². The Hall–Kier alpha value is -3.59. The number of nitrogens with one attached hydrogen (secondary N) is 1. The Morgan fingerprint density at radius 3 is 2.38 bits per heavy atom. The Morgan fingerprint density at radius 1 is 1.17 bits per heavy atom. The summed E-state index contributed by atoms with van der Waals surface area (Å²) in [6, 6.07) is 10.7. The van der Waals surface area contributed by atoms with Gasteiger partial charge in [-0.3, -0.25) is 19.6 Å². The number of anilines is 1. The molecule has 0 saturated carbocycles. The molecule has 29 heavy (non-hydrogen) atoms. The molecule has 0 aliphatic heterocycles. The van der Waals surface area contributed by atoms with Crippen LogP contribution in [-0.2, 0) is 7.05 Å². The average Bonchev–Trinajstić information content (AvgIpc) is 2.93. The molecular formula is C19H17ClN4O5. The van der Waals surface area contributed by atoms with Crippen LogP contribution in [0, 0.1) is 17.0 Å². The van der Waals surface area contributed by atoms with Crippen LogP contribution in [-0.4, -0.2) is 27.7 Å². The molecule has 10 heteroatoms. The molecule has 0 aliphatic rings. The topological polar surface area (TPSA) is 109 Å². The molecule has 0 aliphatic carbocycles. The normalized spacial score (nSPS) is 10.5. The van der Waals surface area contributed by atoms with Crippen molar-refractivity contribution < 1.29 is 19.2 Å². The number of nitro benzene ring substituents is 1. The summed E-state index contributed by atoms with van der Waals surface area (Å²) >= 11 is 6.13. The molecule has 0 unspecified atom stereocenters. The van der Waals surface area contributed by atoms with Gasteiger partial charge in [-0.2, -0.15) is 5.10 Å². The zero-order chi connectivity index (χ0) is 21.1. The number of aromatic nitrogens is 2. The van der Waals surface area contributed by atoms with Crippen molar-refractivity contribution in [2.24, 2.45) is 7.05 Å². The van der Waals surface area contributed by atoms with Gasteiger partial charge in [0.1, 0.15) is 22.9 Å². The number of carbonyl (C=O) groups is 1. The van der Waals surface area contributed by atoms with Crippen molar-refractivity contribution in [3.05, 3.63) is 69.0 Å². The SMILES string of the molecule is COc1ccc(Oc2cc(NC(=O)c3c(Cl)c(C)nn3C)cc([N+](=O)[O-])c2)cc1. The van der Waals surface area contributed by atoms with Crippen LogP contribution in [0.25, 0.3) is 0 Å².